The van der Waals surface area contributed by atoms with Gasteiger partial charge in [0, 0.05) is 30.9 Å². The molecule has 0 saturated carbocycles. The zero-order chi connectivity index (χ0) is 10.1. The molecule has 0 bridgehead atoms. The second-order valence-electron chi connectivity index (χ2n) is 4.41. The van der Waals surface area contributed by atoms with E-state index < -0.39 is 0 Å². The minimum absolute atomic E-state index is 0.550. The maximum Gasteiger partial charge on any atom is 0.133 e. The number of pyridine rings is 1. The molecule has 1 atom stereocenters. The fraction of sp³-hybridized carbons (Fsp3) is 0.583. The number of nitrogens with zero attached hydrogens (tertiary/aromatic N) is 2. The van der Waals surface area contributed by atoms with E-state index in [2.05, 4.69) is 27.3 Å². The number of hydrogen-bond acceptors (Lipinski definition) is 3. The molecule has 80 valence electrons. The first kappa shape index (κ1) is 9.16. The van der Waals surface area contributed by atoms with Crippen LogP contribution in [0.2, 0.25) is 0 Å². The van der Waals surface area contributed by atoms with Crippen molar-refractivity contribution >= 4 is 5.82 Å². The predicted octanol–water partition coefficient (Wildman–Crippen LogP) is 1.72. The van der Waals surface area contributed by atoms with Crippen molar-refractivity contribution < 1.29 is 0 Å². The molecule has 2 aliphatic rings. The third-order valence-corrected chi connectivity index (χ3v) is 3.42. The van der Waals surface area contributed by atoms with Crippen molar-refractivity contribution in [2.45, 2.75) is 25.3 Å². The van der Waals surface area contributed by atoms with Gasteiger partial charge in [0.15, 0.2) is 0 Å². The normalized spacial score (nSPS) is 25.3. The van der Waals surface area contributed by atoms with Gasteiger partial charge in [-0.25, -0.2) is 4.98 Å². The molecule has 2 fully saturated rings. The molecule has 1 N–H and O–H groups in total. The van der Waals surface area contributed by atoms with Gasteiger partial charge < -0.3 is 10.2 Å². The van der Waals surface area contributed by atoms with Crippen LogP contribution in [0.3, 0.4) is 0 Å². The van der Waals surface area contributed by atoms with Crippen LogP contribution in [0.1, 0.15) is 30.9 Å². The Morgan fingerprint density at radius 3 is 2.80 bits per heavy atom. The van der Waals surface area contributed by atoms with Crippen LogP contribution in [0.15, 0.2) is 18.3 Å². The zero-order valence-corrected chi connectivity index (χ0v) is 8.95. The van der Waals surface area contributed by atoms with Crippen molar-refractivity contribution in [3.05, 3.63) is 23.9 Å². The molecule has 1 aromatic rings. The molecule has 0 aliphatic carbocycles. The highest BCUT2D eigenvalue weighted by Crippen LogP contribution is 2.31. The zero-order valence-electron chi connectivity index (χ0n) is 8.95. The molecule has 2 saturated heterocycles. The topological polar surface area (TPSA) is 28.2 Å². The Bertz CT molecular complexity index is 340. The van der Waals surface area contributed by atoms with Gasteiger partial charge in [-0.1, -0.05) is 6.07 Å². The van der Waals surface area contributed by atoms with Crippen molar-refractivity contribution in [1.82, 2.24) is 10.3 Å². The summed E-state index contributed by atoms with van der Waals surface area (Å²) in [6, 6.07) is 4.82. The SMILES string of the molecule is c1cnc(N2CCCC2)c(C2CCN2)c1. The lowest BCUT2D eigenvalue weighted by Crippen LogP contribution is -2.36. The number of nitrogens with one attached hydrogen (secondary N) is 1. The number of hydrogen-bond donors (Lipinski definition) is 1. The van der Waals surface area contributed by atoms with Crippen molar-refractivity contribution in [2.75, 3.05) is 24.5 Å². The van der Waals surface area contributed by atoms with Gasteiger partial charge in [-0.3, -0.25) is 0 Å². The van der Waals surface area contributed by atoms with E-state index in [1.165, 1.54) is 43.7 Å². The molecule has 1 aromatic heterocycles. The number of rotatable bonds is 2. The molecule has 1 unspecified atom stereocenters. The predicted molar refractivity (Wildman–Crippen MR) is 61.0 cm³/mol. The summed E-state index contributed by atoms with van der Waals surface area (Å²) in [5, 5.41) is 3.46. The Labute approximate surface area is 90.5 Å². The van der Waals surface area contributed by atoms with E-state index in [4.69, 9.17) is 0 Å². The van der Waals surface area contributed by atoms with Gasteiger partial charge in [0.1, 0.15) is 5.82 Å². The average Bonchev–Trinajstić information content (AvgIpc) is 2.69. The maximum atomic E-state index is 4.55. The van der Waals surface area contributed by atoms with Crippen LogP contribution in [0, 0.1) is 0 Å². The molecular weight excluding hydrogens is 186 g/mol. The Hall–Kier alpha value is -1.09. The van der Waals surface area contributed by atoms with E-state index >= 15 is 0 Å². The third-order valence-electron chi connectivity index (χ3n) is 3.42. The van der Waals surface area contributed by atoms with Crippen LogP contribution in [0.4, 0.5) is 5.82 Å². The summed E-state index contributed by atoms with van der Waals surface area (Å²) >= 11 is 0. The Balaban J connectivity index is 1.90. The van der Waals surface area contributed by atoms with Gasteiger partial charge in [0.05, 0.1) is 0 Å². The summed E-state index contributed by atoms with van der Waals surface area (Å²) < 4.78 is 0. The first-order valence-electron chi connectivity index (χ1n) is 5.88. The van der Waals surface area contributed by atoms with Gasteiger partial charge in [-0.05, 0) is 31.9 Å². The third kappa shape index (κ3) is 1.61. The lowest BCUT2D eigenvalue weighted by Gasteiger charge is -2.31. The monoisotopic (exact) mass is 203 g/mol. The van der Waals surface area contributed by atoms with Crippen LogP contribution >= 0.6 is 0 Å². The van der Waals surface area contributed by atoms with Crippen LogP contribution in [0.25, 0.3) is 0 Å². The van der Waals surface area contributed by atoms with Crippen LogP contribution < -0.4 is 10.2 Å². The highest BCUT2D eigenvalue weighted by molar-refractivity contribution is 5.49. The average molecular weight is 203 g/mol. The number of anilines is 1. The summed E-state index contributed by atoms with van der Waals surface area (Å²) in [6.45, 7) is 3.51. The summed E-state index contributed by atoms with van der Waals surface area (Å²) in [7, 11) is 0. The second kappa shape index (κ2) is 3.81. The van der Waals surface area contributed by atoms with E-state index in [1.807, 2.05) is 6.20 Å². The van der Waals surface area contributed by atoms with Gasteiger partial charge in [-0.2, -0.15) is 0 Å². The van der Waals surface area contributed by atoms with E-state index in [9.17, 15) is 0 Å². The van der Waals surface area contributed by atoms with E-state index in [-0.39, 0.29) is 0 Å². The van der Waals surface area contributed by atoms with Gasteiger partial charge >= 0.3 is 0 Å². The van der Waals surface area contributed by atoms with E-state index in [0.29, 0.717) is 6.04 Å². The molecule has 3 rings (SSSR count). The highest BCUT2D eigenvalue weighted by Gasteiger charge is 2.25. The van der Waals surface area contributed by atoms with Gasteiger partial charge in [-0.15, -0.1) is 0 Å². The summed E-state index contributed by atoms with van der Waals surface area (Å²) in [5.41, 5.74) is 1.39. The minimum atomic E-state index is 0.550. The Morgan fingerprint density at radius 1 is 1.33 bits per heavy atom. The summed E-state index contributed by atoms with van der Waals surface area (Å²) in [5.74, 6) is 1.22. The Morgan fingerprint density at radius 2 is 2.13 bits per heavy atom. The quantitative estimate of drug-likeness (QED) is 0.793. The Kier molecular flexibility index (Phi) is 2.33. The standard InChI is InChI=1S/C12H17N3/c1-2-9-15(8-1)12-10(4-3-6-14-12)11-5-7-13-11/h3-4,6,11,13H,1-2,5,7-9H2. The van der Waals surface area contributed by atoms with Crippen LogP contribution in [0.5, 0.6) is 0 Å². The molecule has 3 nitrogen and oxygen atoms in total. The minimum Gasteiger partial charge on any atom is -0.356 e. The second-order valence-corrected chi connectivity index (χ2v) is 4.41. The molecule has 15 heavy (non-hydrogen) atoms. The van der Waals surface area contributed by atoms with Crippen molar-refractivity contribution in [1.29, 1.82) is 0 Å². The highest BCUT2D eigenvalue weighted by atomic mass is 15.2. The molecule has 0 spiro atoms. The molecule has 0 aromatic carbocycles. The fourth-order valence-electron chi connectivity index (χ4n) is 2.43. The van der Waals surface area contributed by atoms with Crippen molar-refractivity contribution in [3.8, 4) is 0 Å². The first-order valence-corrected chi connectivity index (χ1v) is 5.88. The largest absolute Gasteiger partial charge is 0.356 e. The fourth-order valence-corrected chi connectivity index (χ4v) is 2.43. The molecular formula is C12H17N3. The first-order chi connectivity index (χ1) is 7.45. The smallest absolute Gasteiger partial charge is 0.133 e. The van der Waals surface area contributed by atoms with E-state index in [0.717, 1.165) is 6.54 Å². The summed E-state index contributed by atoms with van der Waals surface area (Å²) in [6.07, 6.45) is 5.80. The van der Waals surface area contributed by atoms with Crippen molar-refractivity contribution in [2.24, 2.45) is 0 Å². The van der Waals surface area contributed by atoms with Gasteiger partial charge in [0.25, 0.3) is 0 Å². The summed E-state index contributed by atoms with van der Waals surface area (Å²) in [4.78, 5) is 6.98. The molecule has 2 aliphatic heterocycles. The lowest BCUT2D eigenvalue weighted by atomic mass is 9.98. The van der Waals surface area contributed by atoms with E-state index in [1.54, 1.807) is 0 Å². The molecule has 0 amide bonds. The molecule has 3 heterocycles. The van der Waals surface area contributed by atoms with Crippen LogP contribution in [-0.4, -0.2) is 24.6 Å². The molecule has 3 heteroatoms. The van der Waals surface area contributed by atoms with Gasteiger partial charge in [0.2, 0.25) is 0 Å². The molecule has 0 radical (unpaired) electrons. The number of aromatic nitrogens is 1. The lowest BCUT2D eigenvalue weighted by molar-refractivity contribution is 0.382. The van der Waals surface area contributed by atoms with Crippen LogP contribution in [-0.2, 0) is 0 Å². The van der Waals surface area contributed by atoms with Crippen molar-refractivity contribution in [3.63, 3.8) is 0 Å². The maximum absolute atomic E-state index is 4.55.